The van der Waals surface area contributed by atoms with Crippen LogP contribution < -0.4 is 0 Å². The summed E-state index contributed by atoms with van der Waals surface area (Å²) in [5, 5.41) is 34.5. The molecule has 0 aromatic carbocycles. The molecule has 0 rings (SSSR count). The molecule has 0 amide bonds. The zero-order valence-corrected chi connectivity index (χ0v) is 16.6. The first-order valence-corrected chi connectivity index (χ1v) is 5.52. The zero-order valence-electron chi connectivity index (χ0n) is 12.9. The van der Waals surface area contributed by atoms with E-state index in [2.05, 4.69) is 0 Å². The first-order valence-electron chi connectivity index (χ1n) is 5.52. The Balaban J connectivity index is -0.000000301. The van der Waals surface area contributed by atoms with Crippen molar-refractivity contribution in [1.82, 2.24) is 9.80 Å². The van der Waals surface area contributed by atoms with Gasteiger partial charge < -0.3 is 36.9 Å². The van der Waals surface area contributed by atoms with Crippen LogP contribution in [0.3, 0.4) is 0 Å². The zero-order chi connectivity index (χ0) is 15.7. The van der Waals surface area contributed by atoms with Gasteiger partial charge in [0, 0.05) is 54.4 Å². The van der Waals surface area contributed by atoms with E-state index in [1.165, 1.54) is 0 Å². The Morgan fingerprint density at radius 1 is 0.542 bits per heavy atom. The van der Waals surface area contributed by atoms with Gasteiger partial charge in [0.2, 0.25) is 0 Å². The number of rotatable bonds is 11. The molecule has 13 nitrogen and oxygen atoms in total. The van der Waals surface area contributed by atoms with E-state index >= 15 is 0 Å². The summed E-state index contributed by atoms with van der Waals surface area (Å²) in [6.45, 7) is -2.25. The summed E-state index contributed by atoms with van der Waals surface area (Å²) < 4.78 is 0. The molecule has 13 N–H and O–H groups in total. The second-order valence-electron chi connectivity index (χ2n) is 4.00. The number of carboxylic acids is 4. The van der Waals surface area contributed by atoms with Gasteiger partial charge >= 0.3 is 23.9 Å². The Labute approximate surface area is 169 Å². The fourth-order valence-corrected chi connectivity index (χ4v) is 1.48. The summed E-state index contributed by atoms with van der Waals surface area (Å²) in [5.41, 5.74) is 0. The van der Waals surface area contributed by atoms with Crippen LogP contribution in [-0.2, 0) is 35.6 Å². The molecule has 0 bridgehead atoms. The minimum Gasteiger partial charge on any atom is -0.480 e. The normalized spacial score (nSPS) is 8.92. The van der Waals surface area contributed by atoms with E-state index in [4.69, 9.17) is 20.4 Å². The van der Waals surface area contributed by atoms with Gasteiger partial charge in [0.1, 0.15) is 0 Å². The minimum absolute atomic E-state index is 0. The fraction of sp³-hybridized carbons (Fsp3) is 0.600. The van der Waals surface area contributed by atoms with Crippen molar-refractivity contribution in [2.24, 2.45) is 0 Å². The van der Waals surface area contributed by atoms with Crippen LogP contribution in [0, 0.1) is 41.3 Å². The van der Waals surface area contributed by atoms with Gasteiger partial charge in [0.25, 0.3) is 0 Å². The maximum Gasteiger partial charge on any atom is 0.317 e. The standard InChI is InChI=1S/C10H16N2O8.3H2O.Pr/c13-7(14)3-11(4-8(15)16)1-2-12(5-9(17)18)6-10(19)20;;;;/h1-6H2,(H,13,14)(H,15,16)(H,17,18)(H,19,20);3*1H2;/p+3. The van der Waals surface area contributed by atoms with Crippen molar-refractivity contribution in [2.75, 3.05) is 39.3 Å². The molecule has 0 spiro atoms. The quantitative estimate of drug-likeness (QED) is 0.201. The van der Waals surface area contributed by atoms with Gasteiger partial charge in [-0.25, -0.2) is 0 Å². The number of carbonyl (C=O) groups is 4. The van der Waals surface area contributed by atoms with Gasteiger partial charge in [-0.3, -0.25) is 29.0 Å². The molecule has 0 aliphatic heterocycles. The number of hydrogen-bond acceptors (Lipinski definition) is 6. The van der Waals surface area contributed by atoms with Gasteiger partial charge in [-0.05, 0) is 0 Å². The van der Waals surface area contributed by atoms with E-state index in [0.29, 0.717) is 0 Å². The summed E-state index contributed by atoms with van der Waals surface area (Å²) in [4.78, 5) is 44.4. The average molecular weight is 490 g/mol. The van der Waals surface area contributed by atoms with Crippen LogP contribution in [0.15, 0.2) is 0 Å². The van der Waals surface area contributed by atoms with Crippen LogP contribution in [-0.4, -0.2) is 93.4 Å². The molecule has 0 saturated carbocycles. The average Bonchev–Trinajstić information content (AvgIpc) is 2.22. The molecule has 14 heteroatoms. The number of aliphatic carboxylic acids is 4. The van der Waals surface area contributed by atoms with Crippen LogP contribution in [0.1, 0.15) is 0 Å². The molecule has 141 valence electrons. The Morgan fingerprint density at radius 2 is 0.708 bits per heavy atom. The van der Waals surface area contributed by atoms with Gasteiger partial charge in [0.15, 0.2) is 0 Å². The van der Waals surface area contributed by atoms with E-state index in [1.54, 1.807) is 0 Å². The van der Waals surface area contributed by atoms with E-state index < -0.39 is 50.1 Å². The monoisotopic (exact) mass is 490 g/mol. The molecule has 1 radical (unpaired) electrons. The van der Waals surface area contributed by atoms with Crippen LogP contribution in [0.2, 0.25) is 0 Å². The third-order valence-electron chi connectivity index (χ3n) is 2.17. The predicted molar refractivity (Wildman–Crippen MR) is 78.0 cm³/mol. The van der Waals surface area contributed by atoms with Crippen molar-refractivity contribution in [2.45, 2.75) is 0 Å². The Morgan fingerprint density at radius 3 is 0.833 bits per heavy atom. The Kier molecular flexibility index (Phi) is 26.3. The van der Waals surface area contributed by atoms with Crippen molar-refractivity contribution in [3.05, 3.63) is 0 Å². The molecule has 0 unspecified atom stereocenters. The van der Waals surface area contributed by atoms with Gasteiger partial charge in [-0.1, -0.05) is 0 Å². The maximum absolute atomic E-state index is 10.6. The summed E-state index contributed by atoms with van der Waals surface area (Å²) >= 11 is 0. The summed E-state index contributed by atoms with van der Waals surface area (Å²) in [6.07, 6.45) is 0. The van der Waals surface area contributed by atoms with Crippen molar-refractivity contribution < 1.29 is 97.3 Å². The summed E-state index contributed by atoms with van der Waals surface area (Å²) in [5.74, 6) is -4.91. The van der Waals surface area contributed by atoms with Crippen LogP contribution >= 0.6 is 0 Å². The molecule has 24 heavy (non-hydrogen) atoms. The Hall–Kier alpha value is -0.956. The molecule has 0 atom stereocenters. The van der Waals surface area contributed by atoms with E-state index in [9.17, 15) is 19.2 Å². The van der Waals surface area contributed by atoms with Crippen molar-refractivity contribution in [1.29, 1.82) is 0 Å². The maximum atomic E-state index is 10.6. The molecule has 0 aliphatic rings. The molecule has 0 aromatic heterocycles. The van der Waals surface area contributed by atoms with E-state index in [-0.39, 0.29) is 70.8 Å². The number of nitrogens with zero attached hydrogens (tertiary/aromatic N) is 2. The third kappa shape index (κ3) is 21.0. The van der Waals surface area contributed by atoms with Crippen molar-refractivity contribution in [3.63, 3.8) is 0 Å². The summed E-state index contributed by atoms with van der Waals surface area (Å²) in [6, 6.07) is 0. The predicted octanol–water partition coefficient (Wildman–Crippen LogP) is -4.84. The van der Waals surface area contributed by atoms with Crippen LogP contribution in [0.5, 0.6) is 0 Å². The molecule has 0 fully saturated rings. The Bertz CT molecular complexity index is 325. The van der Waals surface area contributed by atoms with Crippen molar-refractivity contribution >= 4 is 23.9 Å². The van der Waals surface area contributed by atoms with E-state index in [0.717, 1.165) is 9.80 Å². The topological polar surface area (TPSA) is 255 Å². The smallest absolute Gasteiger partial charge is 0.317 e. The SMILES string of the molecule is O=C(O)CN(CCN(CC(=O)O)CC(=O)O)CC(=O)O.[OH3+].[OH3+].[OH3+].[Pr]. The fourth-order valence-electron chi connectivity index (χ4n) is 1.48. The molecular formula is C10H25N2O11Pr+3. The molecular weight excluding hydrogens is 465 g/mol. The van der Waals surface area contributed by atoms with Gasteiger partial charge in [-0.2, -0.15) is 0 Å². The second kappa shape index (κ2) is 18.4. The number of carboxylic acid groups (broad SMARTS) is 4. The first-order chi connectivity index (χ1) is 9.20. The number of hydrogen-bond donors (Lipinski definition) is 4. The van der Waals surface area contributed by atoms with Gasteiger partial charge in [0.05, 0.1) is 26.2 Å². The van der Waals surface area contributed by atoms with Crippen LogP contribution in [0.25, 0.3) is 0 Å². The molecule has 0 heterocycles. The second-order valence-corrected chi connectivity index (χ2v) is 4.00. The summed E-state index contributed by atoms with van der Waals surface area (Å²) in [7, 11) is 0. The molecule has 0 saturated heterocycles. The largest absolute Gasteiger partial charge is 0.480 e. The van der Waals surface area contributed by atoms with Crippen molar-refractivity contribution in [3.8, 4) is 0 Å². The van der Waals surface area contributed by atoms with Crippen LogP contribution in [0.4, 0.5) is 0 Å². The first kappa shape index (κ1) is 34.4. The van der Waals surface area contributed by atoms with E-state index in [1.807, 2.05) is 0 Å². The molecule has 0 aromatic rings. The minimum atomic E-state index is -1.23. The third-order valence-corrected chi connectivity index (χ3v) is 2.17. The molecule has 0 aliphatic carbocycles. The van der Waals surface area contributed by atoms with Gasteiger partial charge in [-0.15, -0.1) is 0 Å².